The number of aromatic nitrogens is 1. The second-order valence-electron chi connectivity index (χ2n) is 3.80. The highest BCUT2D eigenvalue weighted by atomic mass is 19.1. The van der Waals surface area contributed by atoms with Gasteiger partial charge in [0.15, 0.2) is 0 Å². The molecule has 0 radical (unpaired) electrons. The van der Waals surface area contributed by atoms with E-state index in [1.165, 1.54) is 18.2 Å². The normalized spacial score (nSPS) is 12.4. The quantitative estimate of drug-likeness (QED) is 0.886. The summed E-state index contributed by atoms with van der Waals surface area (Å²) in [5.74, 6) is -1.21. The first-order chi connectivity index (χ1) is 8.18. The largest absolute Gasteiger partial charge is 0.323 e. The summed E-state index contributed by atoms with van der Waals surface area (Å²) in [7, 11) is 0. The Kier molecular flexibility index (Phi) is 3.44. The van der Waals surface area contributed by atoms with Gasteiger partial charge in [0.25, 0.3) is 0 Å². The van der Waals surface area contributed by atoms with Gasteiger partial charge in [0.05, 0.1) is 0 Å². The molecule has 2 N–H and O–H groups in total. The van der Waals surface area contributed by atoms with E-state index >= 15 is 0 Å². The number of halogens is 2. The molecule has 1 heterocycles. The van der Waals surface area contributed by atoms with E-state index in [4.69, 9.17) is 5.73 Å². The first-order valence-corrected chi connectivity index (χ1v) is 5.27. The molecule has 2 nitrogen and oxygen atoms in total. The van der Waals surface area contributed by atoms with E-state index in [9.17, 15) is 8.78 Å². The van der Waals surface area contributed by atoms with E-state index < -0.39 is 17.7 Å². The molecule has 0 aliphatic rings. The molecule has 4 heteroatoms. The maximum atomic E-state index is 13.5. The van der Waals surface area contributed by atoms with Crippen LogP contribution in [-0.2, 0) is 6.42 Å². The van der Waals surface area contributed by atoms with Crippen LogP contribution in [0, 0.1) is 11.6 Å². The molecule has 88 valence electrons. The van der Waals surface area contributed by atoms with Crippen LogP contribution in [0.4, 0.5) is 8.78 Å². The molecule has 1 unspecified atom stereocenters. The smallest absolute Gasteiger partial charge is 0.130 e. The zero-order valence-electron chi connectivity index (χ0n) is 9.11. The fraction of sp³-hybridized carbons (Fsp3) is 0.154. The average molecular weight is 234 g/mol. The van der Waals surface area contributed by atoms with Crippen molar-refractivity contribution in [3.8, 4) is 0 Å². The number of hydrogen-bond donors (Lipinski definition) is 1. The predicted octanol–water partition coefficient (Wildman–Crippen LogP) is 2.60. The molecule has 2 aromatic rings. The maximum Gasteiger partial charge on any atom is 0.130 e. The van der Waals surface area contributed by atoms with Gasteiger partial charge in [-0.2, -0.15) is 0 Å². The third-order valence-electron chi connectivity index (χ3n) is 2.58. The van der Waals surface area contributed by atoms with Crippen LogP contribution in [0.15, 0.2) is 42.7 Å². The molecule has 1 aromatic heterocycles. The van der Waals surface area contributed by atoms with E-state index in [0.29, 0.717) is 6.42 Å². The van der Waals surface area contributed by atoms with Crippen LogP contribution >= 0.6 is 0 Å². The number of benzene rings is 1. The summed E-state index contributed by atoms with van der Waals surface area (Å²) < 4.78 is 26.9. The lowest BCUT2D eigenvalue weighted by Crippen LogP contribution is -2.16. The second-order valence-corrected chi connectivity index (χ2v) is 3.80. The van der Waals surface area contributed by atoms with Gasteiger partial charge in [-0.05, 0) is 36.2 Å². The highest BCUT2D eigenvalue weighted by Crippen LogP contribution is 2.21. The van der Waals surface area contributed by atoms with Crippen molar-refractivity contribution < 1.29 is 8.78 Å². The molecule has 0 bridgehead atoms. The van der Waals surface area contributed by atoms with E-state index in [-0.39, 0.29) is 5.56 Å². The van der Waals surface area contributed by atoms with E-state index in [2.05, 4.69) is 4.98 Å². The summed E-state index contributed by atoms with van der Waals surface area (Å²) in [6.07, 6.45) is 3.62. The van der Waals surface area contributed by atoms with Crippen LogP contribution in [-0.4, -0.2) is 4.98 Å². The van der Waals surface area contributed by atoms with Gasteiger partial charge in [-0.15, -0.1) is 0 Å². The van der Waals surface area contributed by atoms with Crippen molar-refractivity contribution in [2.24, 2.45) is 5.73 Å². The minimum atomic E-state index is -0.696. The number of hydrogen-bond acceptors (Lipinski definition) is 2. The van der Waals surface area contributed by atoms with Crippen LogP contribution in [0.1, 0.15) is 17.2 Å². The molecule has 0 aliphatic carbocycles. The van der Waals surface area contributed by atoms with E-state index in [1.54, 1.807) is 24.5 Å². The van der Waals surface area contributed by atoms with Gasteiger partial charge >= 0.3 is 0 Å². The summed E-state index contributed by atoms with van der Waals surface area (Å²) in [5.41, 5.74) is 6.66. The van der Waals surface area contributed by atoms with Gasteiger partial charge in [-0.1, -0.05) is 6.07 Å². The zero-order valence-corrected chi connectivity index (χ0v) is 9.11. The third kappa shape index (κ3) is 2.65. The first kappa shape index (κ1) is 11.7. The fourth-order valence-corrected chi connectivity index (χ4v) is 1.74. The molecular weight excluding hydrogens is 222 g/mol. The van der Waals surface area contributed by atoms with Crippen molar-refractivity contribution in [1.82, 2.24) is 4.98 Å². The molecule has 2 rings (SSSR count). The molecular formula is C13H12F2N2. The lowest BCUT2D eigenvalue weighted by molar-refractivity contribution is 0.524. The van der Waals surface area contributed by atoms with Crippen molar-refractivity contribution in [1.29, 1.82) is 0 Å². The van der Waals surface area contributed by atoms with Crippen LogP contribution in [0.3, 0.4) is 0 Å². The molecule has 0 spiro atoms. The second kappa shape index (κ2) is 5.01. The van der Waals surface area contributed by atoms with Gasteiger partial charge in [-0.3, -0.25) is 4.98 Å². The molecule has 1 atom stereocenters. The summed E-state index contributed by atoms with van der Waals surface area (Å²) in [5, 5.41) is 0. The Hall–Kier alpha value is -1.81. The SMILES string of the molecule is NC(Cc1ccncc1)c1c(F)cccc1F. The Morgan fingerprint density at radius 3 is 2.24 bits per heavy atom. The maximum absolute atomic E-state index is 13.5. The summed E-state index contributed by atoms with van der Waals surface area (Å²) in [6, 6.07) is 6.61. The topological polar surface area (TPSA) is 38.9 Å². The summed E-state index contributed by atoms with van der Waals surface area (Å²) >= 11 is 0. The highest BCUT2D eigenvalue weighted by Gasteiger charge is 2.16. The first-order valence-electron chi connectivity index (χ1n) is 5.27. The van der Waals surface area contributed by atoms with Gasteiger partial charge in [-0.25, -0.2) is 8.78 Å². The lowest BCUT2D eigenvalue weighted by Gasteiger charge is -2.13. The Morgan fingerprint density at radius 2 is 1.65 bits per heavy atom. The average Bonchev–Trinajstić information content (AvgIpc) is 2.30. The van der Waals surface area contributed by atoms with Crippen molar-refractivity contribution in [3.63, 3.8) is 0 Å². The Bertz CT molecular complexity index is 480. The molecule has 0 aliphatic heterocycles. The third-order valence-corrected chi connectivity index (χ3v) is 2.58. The van der Waals surface area contributed by atoms with Crippen LogP contribution in [0.25, 0.3) is 0 Å². The minimum Gasteiger partial charge on any atom is -0.323 e. The van der Waals surface area contributed by atoms with Gasteiger partial charge in [0, 0.05) is 24.0 Å². The van der Waals surface area contributed by atoms with Crippen LogP contribution in [0.5, 0.6) is 0 Å². The number of nitrogens with zero attached hydrogens (tertiary/aromatic N) is 1. The van der Waals surface area contributed by atoms with Crippen LogP contribution in [0.2, 0.25) is 0 Å². The molecule has 17 heavy (non-hydrogen) atoms. The molecule has 0 saturated heterocycles. The summed E-state index contributed by atoms with van der Waals surface area (Å²) in [4.78, 5) is 3.87. The number of rotatable bonds is 3. The van der Waals surface area contributed by atoms with Crippen molar-refractivity contribution in [2.45, 2.75) is 12.5 Å². The lowest BCUT2D eigenvalue weighted by atomic mass is 9.99. The number of pyridine rings is 1. The van der Waals surface area contributed by atoms with Crippen molar-refractivity contribution in [3.05, 3.63) is 65.5 Å². The predicted molar refractivity (Wildman–Crippen MR) is 61.2 cm³/mol. The summed E-state index contributed by atoms with van der Waals surface area (Å²) in [6.45, 7) is 0. The Balaban J connectivity index is 2.23. The van der Waals surface area contributed by atoms with E-state index in [1.807, 2.05) is 0 Å². The van der Waals surface area contributed by atoms with Crippen molar-refractivity contribution in [2.75, 3.05) is 0 Å². The van der Waals surface area contributed by atoms with Crippen LogP contribution < -0.4 is 5.73 Å². The highest BCUT2D eigenvalue weighted by molar-refractivity contribution is 5.25. The zero-order chi connectivity index (χ0) is 12.3. The monoisotopic (exact) mass is 234 g/mol. The molecule has 0 amide bonds. The Labute approximate surface area is 98.1 Å². The molecule has 0 fully saturated rings. The standard InChI is InChI=1S/C13H12F2N2/c14-10-2-1-3-11(15)13(10)12(16)8-9-4-6-17-7-5-9/h1-7,12H,8,16H2. The van der Waals surface area contributed by atoms with E-state index in [0.717, 1.165) is 5.56 Å². The Morgan fingerprint density at radius 1 is 1.06 bits per heavy atom. The molecule has 0 saturated carbocycles. The molecule has 1 aromatic carbocycles. The number of nitrogens with two attached hydrogens (primary N) is 1. The fourth-order valence-electron chi connectivity index (χ4n) is 1.74. The van der Waals surface area contributed by atoms with Gasteiger partial charge in [0.1, 0.15) is 11.6 Å². The van der Waals surface area contributed by atoms with Gasteiger partial charge in [0.2, 0.25) is 0 Å². The van der Waals surface area contributed by atoms with Crippen molar-refractivity contribution >= 4 is 0 Å². The van der Waals surface area contributed by atoms with Gasteiger partial charge < -0.3 is 5.73 Å². The minimum absolute atomic E-state index is 0.0655.